The van der Waals surface area contributed by atoms with Gasteiger partial charge >= 0.3 is 6.18 Å². The van der Waals surface area contributed by atoms with Crippen molar-refractivity contribution in [3.63, 3.8) is 0 Å². The van der Waals surface area contributed by atoms with E-state index in [9.17, 15) is 22.8 Å². The highest BCUT2D eigenvalue weighted by Crippen LogP contribution is 2.31. The number of carbonyl (C=O) groups is 2. The maximum absolute atomic E-state index is 12.9. The molecule has 2 N–H and O–H groups in total. The van der Waals surface area contributed by atoms with E-state index >= 15 is 0 Å². The number of hydrogen-bond donors (Lipinski definition) is 2. The Morgan fingerprint density at radius 1 is 1.16 bits per heavy atom. The van der Waals surface area contributed by atoms with Crippen LogP contribution in [0.15, 0.2) is 29.6 Å². The number of thiazole rings is 1. The number of aromatic nitrogens is 1. The van der Waals surface area contributed by atoms with Crippen LogP contribution in [0.4, 0.5) is 24.0 Å². The molecule has 0 spiro atoms. The molecule has 176 valence electrons. The molecule has 2 amide bonds. The lowest BCUT2D eigenvalue weighted by Crippen LogP contribution is -2.38. The lowest BCUT2D eigenvalue weighted by Gasteiger charge is -2.21. The molecule has 12 heteroatoms. The molecule has 0 saturated heterocycles. The molecule has 0 fully saturated rings. The van der Waals surface area contributed by atoms with E-state index in [1.165, 1.54) is 36.6 Å². The van der Waals surface area contributed by atoms with Crippen molar-refractivity contribution in [2.45, 2.75) is 12.6 Å². The summed E-state index contributed by atoms with van der Waals surface area (Å²) in [6, 6.07) is 4.71. The fourth-order valence-electron chi connectivity index (χ4n) is 2.62. The number of amides is 2. The van der Waals surface area contributed by atoms with Gasteiger partial charge < -0.3 is 25.0 Å². The van der Waals surface area contributed by atoms with Crippen molar-refractivity contribution in [3.8, 4) is 0 Å². The maximum atomic E-state index is 12.9. The highest BCUT2D eigenvalue weighted by Gasteiger charge is 2.30. The van der Waals surface area contributed by atoms with Gasteiger partial charge in [-0.05, 0) is 18.2 Å². The van der Waals surface area contributed by atoms with Crippen LogP contribution in [0.5, 0.6) is 0 Å². The number of anilines is 2. The second-order valence-corrected chi connectivity index (χ2v) is 7.48. The minimum absolute atomic E-state index is 0.0959. The van der Waals surface area contributed by atoms with E-state index < -0.39 is 17.6 Å². The van der Waals surface area contributed by atoms with E-state index in [2.05, 4.69) is 15.6 Å². The highest BCUT2D eigenvalue weighted by molar-refractivity contribution is 7.14. The van der Waals surface area contributed by atoms with Crippen molar-refractivity contribution in [2.75, 3.05) is 52.4 Å². The zero-order valence-electron chi connectivity index (χ0n) is 17.7. The molecule has 2 aromatic rings. The number of ether oxygens (including phenoxy) is 2. The van der Waals surface area contributed by atoms with Gasteiger partial charge in [0.2, 0.25) is 5.91 Å². The summed E-state index contributed by atoms with van der Waals surface area (Å²) < 4.78 is 48.6. The highest BCUT2D eigenvalue weighted by atomic mass is 32.1. The predicted molar refractivity (Wildman–Crippen MR) is 114 cm³/mol. The molecular formula is C20H25F3N4O4S. The molecule has 0 aliphatic carbocycles. The van der Waals surface area contributed by atoms with Crippen molar-refractivity contribution < 1.29 is 32.2 Å². The molecule has 0 radical (unpaired) electrons. The SMILES string of the molecule is COCCNC(=O)CCN(CCOC)C(=O)c1csc(Nc2cccc(C(F)(F)F)c2)n1. The Kier molecular flexibility index (Phi) is 9.88. The van der Waals surface area contributed by atoms with Crippen LogP contribution in [0, 0.1) is 0 Å². The minimum Gasteiger partial charge on any atom is -0.383 e. The van der Waals surface area contributed by atoms with E-state index in [0.29, 0.717) is 13.2 Å². The third kappa shape index (κ3) is 8.09. The van der Waals surface area contributed by atoms with Crippen molar-refractivity contribution >= 4 is 34.0 Å². The Hall–Kier alpha value is -2.70. The van der Waals surface area contributed by atoms with Gasteiger partial charge in [0.05, 0.1) is 18.8 Å². The normalized spacial score (nSPS) is 11.3. The first-order chi connectivity index (χ1) is 15.2. The van der Waals surface area contributed by atoms with E-state index in [1.807, 2.05) is 0 Å². The number of nitrogens with one attached hydrogen (secondary N) is 2. The second kappa shape index (κ2) is 12.4. The summed E-state index contributed by atoms with van der Waals surface area (Å²) in [5, 5.41) is 7.26. The summed E-state index contributed by atoms with van der Waals surface area (Å²) in [6.07, 6.45) is -4.36. The Bertz CT molecular complexity index is 892. The van der Waals surface area contributed by atoms with Crippen molar-refractivity contribution in [2.24, 2.45) is 0 Å². The molecule has 1 aromatic carbocycles. The van der Waals surface area contributed by atoms with Crippen LogP contribution in [-0.4, -0.2) is 68.8 Å². The summed E-state index contributed by atoms with van der Waals surface area (Å²) in [5.74, 6) is -0.623. The Labute approximate surface area is 187 Å². The molecule has 0 saturated carbocycles. The average molecular weight is 475 g/mol. The summed E-state index contributed by atoms with van der Waals surface area (Å²) in [4.78, 5) is 30.4. The topological polar surface area (TPSA) is 92.8 Å². The number of halogens is 3. The zero-order chi connectivity index (χ0) is 23.6. The standard InChI is InChI=1S/C20H25F3N4O4S/c1-30-10-7-24-17(28)6-8-27(9-11-31-2)18(29)16-13-32-19(26-16)25-15-5-3-4-14(12-15)20(21,22)23/h3-5,12-13H,6-11H2,1-2H3,(H,24,28)(H,25,26). The number of carbonyl (C=O) groups excluding carboxylic acids is 2. The summed E-state index contributed by atoms with van der Waals surface area (Å²) in [6.45, 7) is 1.45. The third-order valence-corrected chi connectivity index (χ3v) is 5.01. The molecule has 0 atom stereocenters. The first kappa shape index (κ1) is 25.6. The number of hydrogen-bond acceptors (Lipinski definition) is 7. The fourth-order valence-corrected chi connectivity index (χ4v) is 3.33. The summed E-state index contributed by atoms with van der Waals surface area (Å²) >= 11 is 1.09. The number of benzene rings is 1. The monoisotopic (exact) mass is 474 g/mol. The van der Waals surface area contributed by atoms with Gasteiger partial charge in [-0.1, -0.05) is 6.07 Å². The first-order valence-electron chi connectivity index (χ1n) is 9.68. The van der Waals surface area contributed by atoms with Crippen LogP contribution in [0.2, 0.25) is 0 Å². The molecule has 1 aromatic heterocycles. The summed E-state index contributed by atoms with van der Waals surface area (Å²) in [7, 11) is 3.03. The number of methoxy groups -OCH3 is 2. The smallest absolute Gasteiger partial charge is 0.383 e. The third-order valence-electron chi connectivity index (χ3n) is 4.25. The zero-order valence-corrected chi connectivity index (χ0v) is 18.5. The van der Waals surface area contributed by atoms with E-state index in [1.54, 1.807) is 0 Å². The van der Waals surface area contributed by atoms with Crippen LogP contribution in [0.3, 0.4) is 0 Å². The van der Waals surface area contributed by atoms with Gasteiger partial charge in [0.1, 0.15) is 5.69 Å². The van der Waals surface area contributed by atoms with Crippen molar-refractivity contribution in [1.29, 1.82) is 0 Å². The van der Waals surface area contributed by atoms with Crippen LogP contribution < -0.4 is 10.6 Å². The van der Waals surface area contributed by atoms with Gasteiger partial charge in [-0.2, -0.15) is 13.2 Å². The van der Waals surface area contributed by atoms with Gasteiger partial charge in [-0.25, -0.2) is 4.98 Å². The Morgan fingerprint density at radius 3 is 2.59 bits per heavy atom. The van der Waals surface area contributed by atoms with E-state index in [0.717, 1.165) is 23.5 Å². The van der Waals surface area contributed by atoms with E-state index in [4.69, 9.17) is 9.47 Å². The van der Waals surface area contributed by atoms with Crippen LogP contribution in [0.25, 0.3) is 0 Å². The number of nitrogens with zero attached hydrogens (tertiary/aromatic N) is 2. The van der Waals surface area contributed by atoms with Gasteiger partial charge in [-0.3, -0.25) is 9.59 Å². The molecule has 0 aliphatic heterocycles. The largest absolute Gasteiger partial charge is 0.416 e. The quantitative estimate of drug-likeness (QED) is 0.459. The molecule has 1 heterocycles. The van der Waals surface area contributed by atoms with E-state index in [-0.39, 0.29) is 48.5 Å². The summed E-state index contributed by atoms with van der Waals surface area (Å²) in [5.41, 5.74) is -0.456. The molecule has 32 heavy (non-hydrogen) atoms. The minimum atomic E-state index is -4.46. The first-order valence-corrected chi connectivity index (χ1v) is 10.6. The number of alkyl halides is 3. The lowest BCUT2D eigenvalue weighted by molar-refractivity contribution is -0.137. The lowest BCUT2D eigenvalue weighted by atomic mass is 10.2. The fraction of sp³-hybridized carbons (Fsp3) is 0.450. The Balaban J connectivity index is 2.02. The molecule has 0 unspecified atom stereocenters. The maximum Gasteiger partial charge on any atom is 0.416 e. The van der Waals surface area contributed by atoms with Gasteiger partial charge in [-0.15, -0.1) is 11.3 Å². The second-order valence-electron chi connectivity index (χ2n) is 6.62. The Morgan fingerprint density at radius 2 is 1.91 bits per heavy atom. The van der Waals surface area contributed by atoms with Gasteiger partial charge in [0, 0.05) is 51.3 Å². The molecule has 0 bridgehead atoms. The molecular weight excluding hydrogens is 449 g/mol. The average Bonchev–Trinajstić information content (AvgIpc) is 3.21. The molecule has 0 aliphatic rings. The molecule has 8 nitrogen and oxygen atoms in total. The van der Waals surface area contributed by atoms with Crippen LogP contribution >= 0.6 is 11.3 Å². The number of rotatable bonds is 12. The van der Waals surface area contributed by atoms with Crippen molar-refractivity contribution in [3.05, 3.63) is 40.9 Å². The van der Waals surface area contributed by atoms with Gasteiger partial charge in [0.25, 0.3) is 5.91 Å². The predicted octanol–water partition coefficient (Wildman–Crippen LogP) is 3.15. The van der Waals surface area contributed by atoms with Gasteiger partial charge in [0.15, 0.2) is 5.13 Å². The molecule has 2 rings (SSSR count). The van der Waals surface area contributed by atoms with Crippen LogP contribution in [-0.2, 0) is 20.4 Å². The van der Waals surface area contributed by atoms with Crippen LogP contribution in [0.1, 0.15) is 22.5 Å². The van der Waals surface area contributed by atoms with Crippen molar-refractivity contribution in [1.82, 2.24) is 15.2 Å².